The molecule has 0 atom stereocenters. The SMILES string of the molecule is CCC1(O)CN(S(=O)(=O)c2cnc(C)s2)C1. The van der Waals surface area contributed by atoms with Crippen LogP contribution < -0.4 is 0 Å². The minimum absolute atomic E-state index is 0.183. The van der Waals surface area contributed by atoms with Gasteiger partial charge in [-0.3, -0.25) is 0 Å². The van der Waals surface area contributed by atoms with Crippen molar-refractivity contribution in [2.45, 2.75) is 30.1 Å². The third kappa shape index (κ3) is 1.88. The Morgan fingerprint density at radius 2 is 2.25 bits per heavy atom. The van der Waals surface area contributed by atoms with E-state index >= 15 is 0 Å². The molecule has 90 valence electrons. The molecule has 1 saturated heterocycles. The summed E-state index contributed by atoms with van der Waals surface area (Å²) in [4.78, 5) is 3.93. The van der Waals surface area contributed by atoms with Gasteiger partial charge in [-0.15, -0.1) is 11.3 Å². The van der Waals surface area contributed by atoms with E-state index in [9.17, 15) is 13.5 Å². The predicted molar refractivity (Wildman–Crippen MR) is 60.9 cm³/mol. The van der Waals surface area contributed by atoms with Crippen LogP contribution in [-0.4, -0.2) is 41.5 Å². The summed E-state index contributed by atoms with van der Waals surface area (Å²) in [6.45, 7) is 3.98. The lowest BCUT2D eigenvalue weighted by molar-refractivity contribution is -0.0612. The van der Waals surface area contributed by atoms with E-state index in [1.54, 1.807) is 6.92 Å². The van der Waals surface area contributed by atoms with Gasteiger partial charge in [-0.25, -0.2) is 13.4 Å². The second-order valence-corrected chi connectivity index (χ2v) is 7.45. The quantitative estimate of drug-likeness (QED) is 0.866. The standard InChI is InChI=1S/C9H14N2O3S2/c1-3-9(12)5-11(6-9)16(13,14)8-4-10-7(2)15-8/h4,12H,3,5-6H2,1-2H3. The minimum atomic E-state index is -3.43. The van der Waals surface area contributed by atoms with E-state index in [0.717, 1.165) is 16.3 Å². The molecule has 0 amide bonds. The fourth-order valence-electron chi connectivity index (χ4n) is 1.59. The second kappa shape index (κ2) is 3.76. The maximum Gasteiger partial charge on any atom is 0.254 e. The average molecular weight is 262 g/mol. The average Bonchev–Trinajstić information content (AvgIpc) is 2.60. The highest BCUT2D eigenvalue weighted by Gasteiger charge is 2.46. The molecule has 0 bridgehead atoms. The first-order chi connectivity index (χ1) is 7.37. The Labute approximate surface area is 98.8 Å². The van der Waals surface area contributed by atoms with Crippen LogP contribution in [0.5, 0.6) is 0 Å². The van der Waals surface area contributed by atoms with E-state index in [-0.39, 0.29) is 17.3 Å². The van der Waals surface area contributed by atoms with Crippen LogP contribution in [0, 0.1) is 6.92 Å². The minimum Gasteiger partial charge on any atom is -0.387 e. The summed E-state index contributed by atoms with van der Waals surface area (Å²) >= 11 is 1.16. The fourth-order valence-corrected chi connectivity index (χ4v) is 4.45. The second-order valence-electron chi connectivity index (χ2n) is 4.05. The number of aromatic nitrogens is 1. The van der Waals surface area contributed by atoms with Crippen molar-refractivity contribution in [3.05, 3.63) is 11.2 Å². The lowest BCUT2D eigenvalue weighted by atomic mass is 9.94. The van der Waals surface area contributed by atoms with E-state index in [2.05, 4.69) is 4.98 Å². The summed E-state index contributed by atoms with van der Waals surface area (Å²) in [6.07, 6.45) is 1.94. The van der Waals surface area contributed by atoms with Crippen LogP contribution in [0.4, 0.5) is 0 Å². The summed E-state index contributed by atoms with van der Waals surface area (Å²) in [6, 6.07) is 0. The number of nitrogens with zero attached hydrogens (tertiary/aromatic N) is 2. The van der Waals surface area contributed by atoms with E-state index in [1.165, 1.54) is 10.5 Å². The maximum atomic E-state index is 12.0. The number of rotatable bonds is 3. The predicted octanol–water partition coefficient (Wildman–Crippen LogP) is 0.597. The highest BCUT2D eigenvalue weighted by molar-refractivity contribution is 7.91. The largest absolute Gasteiger partial charge is 0.387 e. The molecule has 1 aliphatic heterocycles. The van der Waals surface area contributed by atoms with E-state index in [4.69, 9.17) is 0 Å². The number of aliphatic hydroxyl groups is 1. The number of hydrogen-bond donors (Lipinski definition) is 1. The van der Waals surface area contributed by atoms with Gasteiger partial charge in [0.25, 0.3) is 10.0 Å². The number of aryl methyl sites for hydroxylation is 1. The van der Waals surface area contributed by atoms with Crippen LogP contribution in [0.2, 0.25) is 0 Å². The molecular formula is C9H14N2O3S2. The van der Waals surface area contributed by atoms with E-state index in [1.807, 2.05) is 6.92 Å². The summed E-state index contributed by atoms with van der Waals surface area (Å²) < 4.78 is 25.6. The van der Waals surface area contributed by atoms with Crippen LogP contribution in [0.15, 0.2) is 10.4 Å². The zero-order chi connectivity index (χ0) is 12.0. The molecule has 0 spiro atoms. The van der Waals surface area contributed by atoms with Gasteiger partial charge in [0.2, 0.25) is 0 Å². The number of sulfonamides is 1. The van der Waals surface area contributed by atoms with Crippen LogP contribution in [0.25, 0.3) is 0 Å². The molecule has 1 N–H and O–H groups in total. The fraction of sp³-hybridized carbons (Fsp3) is 0.667. The molecule has 2 heterocycles. The van der Waals surface area contributed by atoms with Gasteiger partial charge >= 0.3 is 0 Å². The van der Waals surface area contributed by atoms with Crippen LogP contribution in [0.1, 0.15) is 18.4 Å². The van der Waals surface area contributed by atoms with Gasteiger partial charge < -0.3 is 5.11 Å². The lowest BCUT2D eigenvalue weighted by Crippen LogP contribution is -2.62. The van der Waals surface area contributed by atoms with Gasteiger partial charge in [0, 0.05) is 13.1 Å². The molecule has 2 rings (SSSR count). The highest BCUT2D eigenvalue weighted by atomic mass is 32.2. The first-order valence-electron chi connectivity index (χ1n) is 5.02. The normalized spacial score (nSPS) is 20.7. The first-order valence-corrected chi connectivity index (χ1v) is 7.28. The van der Waals surface area contributed by atoms with Crippen LogP contribution >= 0.6 is 11.3 Å². The Kier molecular flexibility index (Phi) is 2.82. The molecular weight excluding hydrogens is 248 g/mol. The maximum absolute atomic E-state index is 12.0. The molecule has 5 nitrogen and oxygen atoms in total. The molecule has 7 heteroatoms. The van der Waals surface area contributed by atoms with Crippen molar-refractivity contribution in [1.82, 2.24) is 9.29 Å². The van der Waals surface area contributed by atoms with Gasteiger partial charge in [0.1, 0.15) is 0 Å². The van der Waals surface area contributed by atoms with Crippen LogP contribution in [-0.2, 0) is 10.0 Å². The third-order valence-corrected chi connectivity index (χ3v) is 5.93. The molecule has 0 aromatic carbocycles. The molecule has 0 saturated carbocycles. The zero-order valence-corrected chi connectivity index (χ0v) is 10.8. The first kappa shape index (κ1) is 12.0. The van der Waals surface area contributed by atoms with Crippen LogP contribution in [0.3, 0.4) is 0 Å². The Hall–Kier alpha value is -0.500. The lowest BCUT2D eigenvalue weighted by Gasteiger charge is -2.44. The summed E-state index contributed by atoms with van der Waals surface area (Å²) in [5.41, 5.74) is -0.840. The van der Waals surface area contributed by atoms with Crippen molar-refractivity contribution >= 4 is 21.4 Å². The Bertz CT molecular complexity index is 489. The summed E-state index contributed by atoms with van der Waals surface area (Å²) in [5, 5.41) is 10.5. The monoisotopic (exact) mass is 262 g/mol. The van der Waals surface area contributed by atoms with Gasteiger partial charge in [-0.1, -0.05) is 6.92 Å². The number of hydrogen-bond acceptors (Lipinski definition) is 5. The van der Waals surface area contributed by atoms with Gasteiger partial charge in [0.05, 0.1) is 16.8 Å². The van der Waals surface area contributed by atoms with Crippen molar-refractivity contribution in [2.75, 3.05) is 13.1 Å². The van der Waals surface area contributed by atoms with Crippen molar-refractivity contribution in [1.29, 1.82) is 0 Å². The molecule has 0 radical (unpaired) electrons. The summed E-state index contributed by atoms with van der Waals surface area (Å²) in [5.74, 6) is 0. The van der Waals surface area contributed by atoms with Gasteiger partial charge in [-0.2, -0.15) is 4.31 Å². The number of β-amino-alcohol motifs (C(OH)–C–C–N with tert-alkyl or cyclic N) is 1. The van der Waals surface area contributed by atoms with Crippen molar-refractivity contribution < 1.29 is 13.5 Å². The van der Waals surface area contributed by atoms with Crippen molar-refractivity contribution in [3.63, 3.8) is 0 Å². The van der Waals surface area contributed by atoms with Crippen molar-refractivity contribution in [3.8, 4) is 0 Å². The topological polar surface area (TPSA) is 70.5 Å². The smallest absolute Gasteiger partial charge is 0.254 e. The highest BCUT2D eigenvalue weighted by Crippen LogP contribution is 2.31. The Morgan fingerprint density at radius 1 is 1.62 bits per heavy atom. The Balaban J connectivity index is 2.17. The summed E-state index contributed by atoms with van der Waals surface area (Å²) in [7, 11) is -3.43. The molecule has 1 aromatic heterocycles. The van der Waals surface area contributed by atoms with Crippen molar-refractivity contribution in [2.24, 2.45) is 0 Å². The molecule has 0 unspecified atom stereocenters. The third-order valence-electron chi connectivity index (χ3n) is 2.79. The molecule has 1 aromatic rings. The molecule has 1 fully saturated rings. The zero-order valence-electron chi connectivity index (χ0n) is 9.17. The van der Waals surface area contributed by atoms with E-state index in [0.29, 0.717) is 6.42 Å². The van der Waals surface area contributed by atoms with Gasteiger partial charge in [0.15, 0.2) is 4.21 Å². The molecule has 0 aliphatic carbocycles. The Morgan fingerprint density at radius 3 is 2.69 bits per heavy atom. The van der Waals surface area contributed by atoms with E-state index < -0.39 is 15.6 Å². The number of thiazole rings is 1. The van der Waals surface area contributed by atoms with Gasteiger partial charge in [-0.05, 0) is 13.3 Å². The molecule has 16 heavy (non-hydrogen) atoms. The molecule has 1 aliphatic rings.